The first-order valence-corrected chi connectivity index (χ1v) is 7.43. The summed E-state index contributed by atoms with van der Waals surface area (Å²) in [5.41, 5.74) is 10.9. The number of nitrogen functional groups attached to an aromatic ring is 1. The van der Waals surface area contributed by atoms with Gasteiger partial charge in [-0.1, -0.05) is 24.3 Å². The highest BCUT2D eigenvalue weighted by molar-refractivity contribution is 5.90. The van der Waals surface area contributed by atoms with Crippen molar-refractivity contribution in [2.75, 3.05) is 5.73 Å². The number of aryl methyl sites for hydroxylation is 2. The number of nitrogens with zero attached hydrogens (tertiary/aromatic N) is 3. The van der Waals surface area contributed by atoms with Crippen LogP contribution in [0.5, 0.6) is 0 Å². The average Bonchev–Trinajstić information content (AvgIpc) is 2.85. The summed E-state index contributed by atoms with van der Waals surface area (Å²) in [5.74, 6) is 0.570. The minimum atomic E-state index is 0.299. The Morgan fingerprint density at radius 1 is 1.24 bits per heavy atom. The van der Waals surface area contributed by atoms with Crippen LogP contribution in [0.25, 0.3) is 10.9 Å². The third-order valence-electron chi connectivity index (χ3n) is 4.46. The van der Waals surface area contributed by atoms with Gasteiger partial charge in [0, 0.05) is 6.20 Å². The lowest BCUT2D eigenvalue weighted by molar-refractivity contribution is 0.460. The highest BCUT2D eigenvalue weighted by Gasteiger charge is 2.24. The van der Waals surface area contributed by atoms with E-state index in [9.17, 15) is 0 Å². The molecule has 0 bridgehead atoms. The van der Waals surface area contributed by atoms with E-state index in [0.717, 1.165) is 29.4 Å². The first kappa shape index (κ1) is 12.4. The van der Waals surface area contributed by atoms with E-state index in [4.69, 9.17) is 10.8 Å². The average molecular weight is 278 g/mol. The molecule has 1 aromatic carbocycles. The Bertz CT molecular complexity index is 819. The van der Waals surface area contributed by atoms with Crippen molar-refractivity contribution >= 4 is 16.7 Å². The van der Waals surface area contributed by atoms with Crippen LogP contribution in [0.15, 0.2) is 36.5 Å². The summed E-state index contributed by atoms with van der Waals surface area (Å²) in [5, 5.41) is 5.76. The summed E-state index contributed by atoms with van der Waals surface area (Å²) < 4.78 is 2.14. The molecular formula is C17H18N4. The Kier molecular flexibility index (Phi) is 2.70. The molecule has 4 heteroatoms. The van der Waals surface area contributed by atoms with Crippen LogP contribution in [0.4, 0.5) is 5.82 Å². The van der Waals surface area contributed by atoms with Crippen molar-refractivity contribution in [3.8, 4) is 0 Å². The van der Waals surface area contributed by atoms with E-state index in [2.05, 4.69) is 33.9 Å². The van der Waals surface area contributed by atoms with Gasteiger partial charge in [0.25, 0.3) is 0 Å². The van der Waals surface area contributed by atoms with E-state index < -0.39 is 0 Å². The van der Waals surface area contributed by atoms with Gasteiger partial charge in [0.05, 0.1) is 22.6 Å². The van der Waals surface area contributed by atoms with Gasteiger partial charge in [0.1, 0.15) is 5.82 Å². The monoisotopic (exact) mass is 278 g/mol. The lowest BCUT2D eigenvalue weighted by atomic mass is 9.88. The third-order valence-corrected chi connectivity index (χ3v) is 4.46. The van der Waals surface area contributed by atoms with Crippen molar-refractivity contribution < 1.29 is 0 Å². The maximum absolute atomic E-state index is 6.03. The molecule has 0 aliphatic heterocycles. The Hall–Kier alpha value is -2.36. The molecule has 1 atom stereocenters. The molecule has 3 aromatic rings. The number of hydrogen-bond acceptors (Lipinski definition) is 3. The van der Waals surface area contributed by atoms with Gasteiger partial charge in [-0.2, -0.15) is 5.10 Å². The van der Waals surface area contributed by atoms with Crippen molar-refractivity contribution in [2.24, 2.45) is 0 Å². The van der Waals surface area contributed by atoms with E-state index in [1.54, 1.807) is 6.20 Å². The fourth-order valence-electron chi connectivity index (χ4n) is 3.51. The first-order valence-electron chi connectivity index (χ1n) is 7.43. The Balaban J connectivity index is 1.95. The minimum Gasteiger partial charge on any atom is -0.383 e. The minimum absolute atomic E-state index is 0.299. The summed E-state index contributed by atoms with van der Waals surface area (Å²) in [6.07, 6.45) is 5.25. The molecule has 106 valence electrons. The zero-order chi connectivity index (χ0) is 14.4. The molecule has 1 aliphatic carbocycles. The van der Waals surface area contributed by atoms with Crippen molar-refractivity contribution in [1.29, 1.82) is 0 Å². The van der Waals surface area contributed by atoms with Crippen LogP contribution < -0.4 is 5.73 Å². The number of rotatable bonds is 1. The van der Waals surface area contributed by atoms with Gasteiger partial charge in [0.15, 0.2) is 0 Å². The molecule has 0 saturated heterocycles. The normalized spacial score (nSPS) is 17.9. The zero-order valence-corrected chi connectivity index (χ0v) is 12.1. The maximum atomic E-state index is 6.03. The predicted molar refractivity (Wildman–Crippen MR) is 84.2 cm³/mol. The molecule has 1 unspecified atom stereocenters. The smallest absolute Gasteiger partial charge is 0.134 e. The summed E-state index contributed by atoms with van der Waals surface area (Å²) in [6, 6.07) is 11.0. The van der Waals surface area contributed by atoms with Crippen LogP contribution >= 0.6 is 0 Å². The Labute approximate surface area is 123 Å². The molecule has 4 rings (SSSR count). The number of benzene rings is 1. The molecular weight excluding hydrogens is 260 g/mol. The number of pyridine rings is 1. The maximum Gasteiger partial charge on any atom is 0.134 e. The van der Waals surface area contributed by atoms with Crippen molar-refractivity contribution in [3.63, 3.8) is 0 Å². The van der Waals surface area contributed by atoms with E-state index in [1.165, 1.54) is 17.5 Å². The molecule has 2 N–H and O–H groups in total. The highest BCUT2D eigenvalue weighted by Crippen LogP contribution is 2.35. The quantitative estimate of drug-likeness (QED) is 0.743. The largest absolute Gasteiger partial charge is 0.383 e. The van der Waals surface area contributed by atoms with Gasteiger partial charge in [-0.3, -0.25) is 4.68 Å². The molecule has 0 saturated carbocycles. The van der Waals surface area contributed by atoms with Gasteiger partial charge in [-0.05, 0) is 43.4 Å². The van der Waals surface area contributed by atoms with Crippen molar-refractivity contribution in [1.82, 2.24) is 14.8 Å². The molecule has 0 fully saturated rings. The van der Waals surface area contributed by atoms with Gasteiger partial charge in [0.2, 0.25) is 0 Å². The van der Waals surface area contributed by atoms with Crippen LogP contribution in [0.1, 0.15) is 35.7 Å². The molecule has 1 aliphatic rings. The van der Waals surface area contributed by atoms with E-state index >= 15 is 0 Å². The lowest BCUT2D eigenvalue weighted by Crippen LogP contribution is -2.18. The van der Waals surface area contributed by atoms with Crippen LogP contribution in [0.2, 0.25) is 0 Å². The molecule has 0 radical (unpaired) electrons. The number of aromatic nitrogens is 3. The highest BCUT2D eigenvalue weighted by atomic mass is 15.3. The number of fused-ring (bicyclic) bond motifs is 2. The van der Waals surface area contributed by atoms with Crippen molar-refractivity contribution in [2.45, 2.75) is 32.2 Å². The van der Waals surface area contributed by atoms with Crippen LogP contribution in [0, 0.1) is 6.92 Å². The second-order valence-electron chi connectivity index (χ2n) is 5.73. The van der Waals surface area contributed by atoms with E-state index in [0.29, 0.717) is 11.9 Å². The molecule has 21 heavy (non-hydrogen) atoms. The number of hydrogen-bond donors (Lipinski definition) is 1. The molecule has 0 spiro atoms. The van der Waals surface area contributed by atoms with Gasteiger partial charge < -0.3 is 5.73 Å². The lowest BCUT2D eigenvalue weighted by Gasteiger charge is -2.26. The standard InChI is InChI=1S/C17H18N4/c1-11-16-15(9-10-19-17(16)18)21(20-11)14-8-4-6-12-5-2-3-7-13(12)14/h2-3,5,7,9-10,14H,4,6,8H2,1H3,(H2,18,19). The molecule has 2 heterocycles. The first-order chi connectivity index (χ1) is 10.3. The summed E-state index contributed by atoms with van der Waals surface area (Å²) >= 11 is 0. The Morgan fingerprint density at radius 2 is 2.10 bits per heavy atom. The second-order valence-corrected chi connectivity index (χ2v) is 5.73. The predicted octanol–water partition coefficient (Wildman–Crippen LogP) is 3.25. The summed E-state index contributed by atoms with van der Waals surface area (Å²) in [4.78, 5) is 4.20. The molecule has 4 nitrogen and oxygen atoms in total. The van der Waals surface area contributed by atoms with E-state index in [1.807, 2.05) is 13.0 Å². The second kappa shape index (κ2) is 4.58. The summed E-state index contributed by atoms with van der Waals surface area (Å²) in [7, 11) is 0. The fourth-order valence-corrected chi connectivity index (χ4v) is 3.51. The van der Waals surface area contributed by atoms with Gasteiger partial charge in [-0.25, -0.2) is 4.98 Å². The number of anilines is 1. The van der Waals surface area contributed by atoms with Crippen molar-refractivity contribution in [3.05, 3.63) is 53.3 Å². The number of nitrogens with two attached hydrogens (primary N) is 1. The fraction of sp³-hybridized carbons (Fsp3) is 0.294. The van der Waals surface area contributed by atoms with Crippen LogP contribution in [0.3, 0.4) is 0 Å². The summed E-state index contributed by atoms with van der Waals surface area (Å²) in [6.45, 7) is 2.01. The third kappa shape index (κ3) is 1.82. The SMILES string of the molecule is Cc1nn(C2CCCc3ccccc32)c2ccnc(N)c12. The topological polar surface area (TPSA) is 56.7 Å². The molecule has 0 amide bonds. The van der Waals surface area contributed by atoms with Gasteiger partial charge in [-0.15, -0.1) is 0 Å². The molecule has 2 aromatic heterocycles. The Morgan fingerprint density at radius 3 is 3.00 bits per heavy atom. The van der Waals surface area contributed by atoms with Crippen LogP contribution in [-0.4, -0.2) is 14.8 Å². The zero-order valence-electron chi connectivity index (χ0n) is 12.1. The van der Waals surface area contributed by atoms with Crippen LogP contribution in [-0.2, 0) is 6.42 Å². The van der Waals surface area contributed by atoms with E-state index in [-0.39, 0.29) is 0 Å². The van der Waals surface area contributed by atoms with Gasteiger partial charge >= 0.3 is 0 Å².